The molecule has 1 amide bonds. The zero-order valence-electron chi connectivity index (χ0n) is 17.5. The molecule has 0 radical (unpaired) electrons. The summed E-state index contributed by atoms with van der Waals surface area (Å²) in [6.45, 7) is 12.0. The summed E-state index contributed by atoms with van der Waals surface area (Å²) in [7, 11) is 4.36. The normalized spacial score (nSPS) is 22.4. The lowest BCUT2D eigenvalue weighted by molar-refractivity contribution is 0.0517. The first kappa shape index (κ1) is 22.2. The summed E-state index contributed by atoms with van der Waals surface area (Å²) < 4.78 is 5.35. The van der Waals surface area contributed by atoms with Crippen molar-refractivity contribution in [3.63, 3.8) is 0 Å². The predicted molar refractivity (Wildman–Crippen MR) is 105 cm³/mol. The van der Waals surface area contributed by atoms with Crippen molar-refractivity contribution in [2.45, 2.75) is 84.4 Å². The van der Waals surface area contributed by atoms with E-state index in [1.807, 2.05) is 20.8 Å². The van der Waals surface area contributed by atoms with Crippen LogP contribution in [0.4, 0.5) is 4.79 Å². The van der Waals surface area contributed by atoms with Crippen molar-refractivity contribution in [1.82, 2.24) is 15.5 Å². The Kier molecular flexibility index (Phi) is 9.22. The largest absolute Gasteiger partial charge is 0.444 e. The van der Waals surface area contributed by atoms with Gasteiger partial charge >= 0.3 is 6.09 Å². The van der Waals surface area contributed by atoms with Crippen LogP contribution in [-0.2, 0) is 4.74 Å². The third-order valence-corrected chi connectivity index (χ3v) is 5.41. The Hall–Kier alpha value is -0.810. The highest BCUT2D eigenvalue weighted by molar-refractivity contribution is 5.67. The average Bonchev–Trinajstić information content (AvgIpc) is 2.94. The number of nitrogens with zero attached hydrogens (tertiary/aromatic N) is 1. The molecule has 1 aliphatic carbocycles. The van der Waals surface area contributed by atoms with Crippen molar-refractivity contribution in [2.75, 3.05) is 27.2 Å². The van der Waals surface area contributed by atoms with Gasteiger partial charge in [0.15, 0.2) is 0 Å². The van der Waals surface area contributed by atoms with Crippen LogP contribution in [0, 0.1) is 11.8 Å². The Morgan fingerprint density at radius 1 is 1.20 bits per heavy atom. The summed E-state index contributed by atoms with van der Waals surface area (Å²) in [5.41, 5.74) is -0.439. The molecule has 0 bridgehead atoms. The summed E-state index contributed by atoms with van der Waals surface area (Å²) in [6.07, 6.45) is 5.73. The van der Waals surface area contributed by atoms with Crippen LogP contribution in [0.3, 0.4) is 0 Å². The minimum Gasteiger partial charge on any atom is -0.444 e. The molecule has 1 aliphatic rings. The van der Waals surface area contributed by atoms with Crippen molar-refractivity contribution in [1.29, 1.82) is 0 Å². The van der Waals surface area contributed by atoms with Crippen molar-refractivity contribution in [3.8, 4) is 0 Å². The maximum atomic E-state index is 11.9. The fourth-order valence-corrected chi connectivity index (χ4v) is 3.95. The third-order valence-electron chi connectivity index (χ3n) is 5.41. The van der Waals surface area contributed by atoms with Crippen LogP contribution < -0.4 is 10.6 Å². The highest BCUT2D eigenvalue weighted by Gasteiger charge is 2.29. The molecule has 148 valence electrons. The van der Waals surface area contributed by atoms with E-state index in [2.05, 4.69) is 43.5 Å². The predicted octanol–water partition coefficient (Wildman–Crippen LogP) is 3.64. The average molecular weight is 356 g/mol. The molecule has 5 nitrogen and oxygen atoms in total. The number of likely N-dealkylation sites (N-methyl/N-ethyl adjacent to an activating group) is 1. The van der Waals surface area contributed by atoms with Crippen LogP contribution in [-0.4, -0.2) is 55.9 Å². The van der Waals surface area contributed by atoms with E-state index in [4.69, 9.17) is 4.74 Å². The maximum Gasteiger partial charge on any atom is 0.407 e. The highest BCUT2D eigenvalue weighted by atomic mass is 16.6. The van der Waals surface area contributed by atoms with Gasteiger partial charge in [0.2, 0.25) is 0 Å². The fourth-order valence-electron chi connectivity index (χ4n) is 3.95. The lowest BCUT2D eigenvalue weighted by Crippen LogP contribution is -2.48. The summed E-state index contributed by atoms with van der Waals surface area (Å²) >= 11 is 0. The van der Waals surface area contributed by atoms with E-state index in [0.717, 1.165) is 12.5 Å². The van der Waals surface area contributed by atoms with Gasteiger partial charge in [-0.15, -0.1) is 0 Å². The van der Waals surface area contributed by atoms with Crippen LogP contribution in [0.2, 0.25) is 0 Å². The molecule has 1 saturated carbocycles. The number of carbonyl (C=O) groups is 1. The Morgan fingerprint density at radius 3 is 2.36 bits per heavy atom. The molecule has 0 aromatic rings. The topological polar surface area (TPSA) is 53.6 Å². The van der Waals surface area contributed by atoms with Gasteiger partial charge in [-0.05, 0) is 59.5 Å². The zero-order chi connectivity index (χ0) is 19.0. The molecule has 0 aromatic heterocycles. The second-order valence-corrected chi connectivity index (χ2v) is 8.70. The second-order valence-electron chi connectivity index (χ2n) is 8.70. The molecule has 2 N–H and O–H groups in total. The van der Waals surface area contributed by atoms with Crippen molar-refractivity contribution < 1.29 is 9.53 Å². The monoisotopic (exact) mass is 355 g/mol. The lowest BCUT2D eigenvalue weighted by Gasteiger charge is -2.33. The van der Waals surface area contributed by atoms with Gasteiger partial charge in [-0.1, -0.05) is 33.1 Å². The molecule has 0 aromatic carbocycles. The molecule has 1 fully saturated rings. The van der Waals surface area contributed by atoms with E-state index in [9.17, 15) is 4.79 Å². The number of ether oxygens (including phenoxy) is 1. The minimum atomic E-state index is -0.439. The third kappa shape index (κ3) is 7.95. The van der Waals surface area contributed by atoms with Crippen LogP contribution in [0.15, 0.2) is 0 Å². The molecule has 0 saturated heterocycles. The van der Waals surface area contributed by atoms with Crippen LogP contribution in [0.5, 0.6) is 0 Å². The zero-order valence-corrected chi connectivity index (χ0v) is 17.5. The van der Waals surface area contributed by atoms with Crippen molar-refractivity contribution >= 4 is 6.09 Å². The van der Waals surface area contributed by atoms with Gasteiger partial charge in [0.25, 0.3) is 0 Å². The maximum absolute atomic E-state index is 11.9. The number of rotatable bonds is 9. The first-order valence-corrected chi connectivity index (χ1v) is 10.0. The fraction of sp³-hybridized carbons (Fsp3) is 0.950. The molecular formula is C20H41N3O2. The molecule has 3 atom stereocenters. The standard InChI is InChI=1S/C20H41N3O2/c1-8-15(9-2)18(23(6)7)14-21-17-12-10-11-16(17)13-22-19(24)25-20(3,4)5/h15-18,21H,8-14H2,1-7H3,(H,22,24). The van der Waals surface area contributed by atoms with Gasteiger partial charge < -0.3 is 20.3 Å². The van der Waals surface area contributed by atoms with Crippen LogP contribution >= 0.6 is 0 Å². The molecular weight excluding hydrogens is 314 g/mol. The lowest BCUT2D eigenvalue weighted by atomic mass is 9.92. The minimum absolute atomic E-state index is 0.304. The molecule has 3 unspecified atom stereocenters. The van der Waals surface area contributed by atoms with Crippen LogP contribution in [0.1, 0.15) is 66.7 Å². The Morgan fingerprint density at radius 2 is 1.84 bits per heavy atom. The molecule has 1 rings (SSSR count). The summed E-state index contributed by atoms with van der Waals surface area (Å²) in [5.74, 6) is 1.22. The Bertz CT molecular complexity index is 389. The number of alkyl carbamates (subject to hydrolysis) is 1. The number of nitrogens with one attached hydrogen (secondary N) is 2. The first-order valence-electron chi connectivity index (χ1n) is 10.0. The number of amides is 1. The van der Waals surface area contributed by atoms with Gasteiger partial charge in [0.05, 0.1) is 0 Å². The van der Waals surface area contributed by atoms with E-state index >= 15 is 0 Å². The van der Waals surface area contributed by atoms with Crippen molar-refractivity contribution in [3.05, 3.63) is 0 Å². The molecule has 0 aliphatic heterocycles. The quantitative estimate of drug-likeness (QED) is 0.663. The van der Waals surface area contributed by atoms with Crippen molar-refractivity contribution in [2.24, 2.45) is 11.8 Å². The van der Waals surface area contributed by atoms with E-state index in [1.165, 1.54) is 32.1 Å². The molecule has 25 heavy (non-hydrogen) atoms. The van der Waals surface area contributed by atoms with Gasteiger partial charge in [-0.3, -0.25) is 0 Å². The Labute approximate surface area is 155 Å². The Balaban J connectivity index is 2.47. The van der Waals surface area contributed by atoms with Gasteiger partial charge in [-0.25, -0.2) is 4.79 Å². The van der Waals surface area contributed by atoms with E-state index in [-0.39, 0.29) is 6.09 Å². The number of carbonyl (C=O) groups excluding carboxylic acids is 1. The summed E-state index contributed by atoms with van der Waals surface area (Å²) in [6, 6.07) is 1.06. The SMILES string of the molecule is CCC(CC)C(CNC1CCCC1CNC(=O)OC(C)(C)C)N(C)C. The van der Waals surface area contributed by atoms with Gasteiger partial charge in [-0.2, -0.15) is 0 Å². The molecule has 0 heterocycles. The van der Waals surface area contributed by atoms with Gasteiger partial charge in [0.1, 0.15) is 5.60 Å². The van der Waals surface area contributed by atoms with E-state index in [1.54, 1.807) is 0 Å². The first-order chi connectivity index (χ1) is 11.7. The molecule has 5 heteroatoms. The highest BCUT2D eigenvalue weighted by Crippen LogP contribution is 2.26. The smallest absolute Gasteiger partial charge is 0.407 e. The molecule has 0 spiro atoms. The van der Waals surface area contributed by atoms with Crippen LogP contribution in [0.25, 0.3) is 0 Å². The van der Waals surface area contributed by atoms with E-state index in [0.29, 0.717) is 24.5 Å². The van der Waals surface area contributed by atoms with E-state index < -0.39 is 5.60 Å². The number of hydrogen-bond donors (Lipinski definition) is 2. The summed E-state index contributed by atoms with van der Waals surface area (Å²) in [4.78, 5) is 14.2. The second kappa shape index (κ2) is 10.4. The van der Waals surface area contributed by atoms with Gasteiger partial charge in [0, 0.05) is 25.2 Å². The summed E-state index contributed by atoms with van der Waals surface area (Å²) in [5, 5.41) is 6.76. The number of hydrogen-bond acceptors (Lipinski definition) is 4.